The zero-order chi connectivity index (χ0) is 16.6. The average Bonchev–Trinajstić information content (AvgIpc) is 2.53. The Labute approximate surface area is 136 Å². The maximum absolute atomic E-state index is 12.4. The minimum absolute atomic E-state index is 0.0186. The normalized spacial score (nSPS) is 15.9. The Hall–Kier alpha value is -2.42. The Morgan fingerprint density at radius 1 is 1.09 bits per heavy atom. The molecule has 0 aliphatic heterocycles. The van der Waals surface area contributed by atoms with Crippen LogP contribution in [0.15, 0.2) is 42.5 Å². The first-order chi connectivity index (χ1) is 10.9. The van der Waals surface area contributed by atoms with Crippen LogP contribution in [-0.2, 0) is 5.41 Å². The van der Waals surface area contributed by atoms with Crippen LogP contribution in [0, 0.1) is 6.92 Å². The summed E-state index contributed by atoms with van der Waals surface area (Å²) in [4.78, 5) is 24.6. The first kappa shape index (κ1) is 15.5. The Bertz CT molecular complexity index is 773. The molecule has 0 heterocycles. The standard InChI is InChI=1S/C20H21NO2/c1-13-4-7-15(8-5-13)21-19(23)14-6-9-17-16(12-14)18(22)10-11-20(17,2)3/h4-9,12H,10-11H2,1-3H3,(H,21,23). The second kappa shape index (κ2) is 5.65. The minimum atomic E-state index is -0.187. The van der Waals surface area contributed by atoms with E-state index < -0.39 is 0 Å². The lowest BCUT2D eigenvalue weighted by molar-refractivity contribution is 0.0956. The molecule has 0 radical (unpaired) electrons. The molecular formula is C20H21NO2. The third-order valence-electron chi connectivity index (χ3n) is 4.60. The molecule has 1 N–H and O–H groups in total. The third-order valence-corrected chi connectivity index (χ3v) is 4.60. The van der Waals surface area contributed by atoms with Gasteiger partial charge in [0.25, 0.3) is 5.91 Å². The number of anilines is 1. The summed E-state index contributed by atoms with van der Waals surface area (Å²) >= 11 is 0. The van der Waals surface area contributed by atoms with Gasteiger partial charge in [0.05, 0.1) is 0 Å². The van der Waals surface area contributed by atoms with Crippen molar-refractivity contribution in [1.82, 2.24) is 0 Å². The van der Waals surface area contributed by atoms with Gasteiger partial charge in [-0.3, -0.25) is 9.59 Å². The molecule has 1 amide bonds. The van der Waals surface area contributed by atoms with E-state index >= 15 is 0 Å². The average molecular weight is 307 g/mol. The van der Waals surface area contributed by atoms with E-state index in [2.05, 4.69) is 19.2 Å². The van der Waals surface area contributed by atoms with Crippen molar-refractivity contribution >= 4 is 17.4 Å². The van der Waals surface area contributed by atoms with Gasteiger partial charge in [-0.15, -0.1) is 0 Å². The first-order valence-corrected chi connectivity index (χ1v) is 7.92. The van der Waals surface area contributed by atoms with Crippen LogP contribution in [0.3, 0.4) is 0 Å². The first-order valence-electron chi connectivity index (χ1n) is 7.92. The summed E-state index contributed by atoms with van der Waals surface area (Å²) in [6.45, 7) is 6.29. The van der Waals surface area contributed by atoms with Crippen molar-refractivity contribution < 1.29 is 9.59 Å². The number of amides is 1. The number of aryl methyl sites for hydroxylation is 1. The Morgan fingerprint density at radius 2 is 1.78 bits per heavy atom. The molecule has 0 bridgehead atoms. The molecule has 0 unspecified atom stereocenters. The van der Waals surface area contributed by atoms with Crippen molar-refractivity contribution in [2.24, 2.45) is 0 Å². The van der Waals surface area contributed by atoms with E-state index in [0.717, 1.165) is 23.2 Å². The summed E-state index contributed by atoms with van der Waals surface area (Å²) in [5.41, 5.74) is 4.14. The van der Waals surface area contributed by atoms with Gasteiger partial charge in [-0.2, -0.15) is 0 Å². The molecule has 1 aliphatic rings. The highest BCUT2D eigenvalue weighted by molar-refractivity contribution is 6.07. The van der Waals surface area contributed by atoms with E-state index in [0.29, 0.717) is 17.5 Å². The second-order valence-electron chi connectivity index (χ2n) is 6.89. The zero-order valence-electron chi connectivity index (χ0n) is 13.8. The Morgan fingerprint density at radius 3 is 2.48 bits per heavy atom. The number of hydrogen-bond donors (Lipinski definition) is 1. The number of nitrogens with one attached hydrogen (secondary N) is 1. The van der Waals surface area contributed by atoms with Crippen LogP contribution in [0.25, 0.3) is 0 Å². The van der Waals surface area contributed by atoms with Gasteiger partial charge in [-0.05, 0) is 48.6 Å². The van der Waals surface area contributed by atoms with Crippen LogP contribution >= 0.6 is 0 Å². The van der Waals surface area contributed by atoms with Gasteiger partial charge in [0, 0.05) is 23.2 Å². The van der Waals surface area contributed by atoms with Gasteiger partial charge < -0.3 is 5.32 Å². The maximum atomic E-state index is 12.4. The maximum Gasteiger partial charge on any atom is 0.255 e. The minimum Gasteiger partial charge on any atom is -0.322 e. The molecule has 0 saturated carbocycles. The monoisotopic (exact) mass is 307 g/mol. The van der Waals surface area contributed by atoms with Crippen molar-refractivity contribution in [1.29, 1.82) is 0 Å². The van der Waals surface area contributed by atoms with Gasteiger partial charge in [0.1, 0.15) is 0 Å². The third kappa shape index (κ3) is 3.04. The number of carbonyl (C=O) groups is 2. The summed E-state index contributed by atoms with van der Waals surface area (Å²) in [6, 6.07) is 13.1. The number of carbonyl (C=O) groups excluding carboxylic acids is 2. The lowest BCUT2D eigenvalue weighted by Gasteiger charge is -2.31. The number of hydrogen-bond acceptors (Lipinski definition) is 2. The molecule has 0 atom stereocenters. The van der Waals surface area contributed by atoms with E-state index in [1.165, 1.54) is 0 Å². The highest BCUT2D eigenvalue weighted by atomic mass is 16.1. The Kier molecular flexibility index (Phi) is 3.80. The molecule has 3 heteroatoms. The number of fused-ring (bicyclic) bond motifs is 1. The molecule has 0 saturated heterocycles. The highest BCUT2D eigenvalue weighted by Crippen LogP contribution is 2.37. The smallest absolute Gasteiger partial charge is 0.255 e. The van der Waals surface area contributed by atoms with E-state index in [1.54, 1.807) is 6.07 Å². The summed E-state index contributed by atoms with van der Waals surface area (Å²) in [5.74, 6) is -0.0582. The van der Waals surface area contributed by atoms with Gasteiger partial charge >= 0.3 is 0 Å². The fourth-order valence-corrected chi connectivity index (χ4v) is 3.04. The number of ketones is 1. The SMILES string of the molecule is Cc1ccc(NC(=O)c2ccc3c(c2)C(=O)CCC3(C)C)cc1. The quantitative estimate of drug-likeness (QED) is 0.887. The second-order valence-corrected chi connectivity index (χ2v) is 6.89. The number of Topliss-reactive ketones (excluding diaryl/α,β-unsaturated/α-hetero) is 1. The molecule has 3 rings (SSSR count). The van der Waals surface area contributed by atoms with Crippen LogP contribution in [0.5, 0.6) is 0 Å². The summed E-state index contributed by atoms with van der Waals surface area (Å²) in [7, 11) is 0. The zero-order valence-corrected chi connectivity index (χ0v) is 13.8. The Balaban J connectivity index is 1.89. The largest absolute Gasteiger partial charge is 0.322 e. The predicted molar refractivity (Wildman–Crippen MR) is 92.2 cm³/mol. The van der Waals surface area contributed by atoms with E-state index in [4.69, 9.17) is 0 Å². The van der Waals surface area contributed by atoms with Crippen molar-refractivity contribution in [2.45, 2.75) is 39.0 Å². The van der Waals surface area contributed by atoms with Crippen molar-refractivity contribution in [3.05, 3.63) is 64.7 Å². The fourth-order valence-electron chi connectivity index (χ4n) is 3.04. The molecule has 1 aliphatic carbocycles. The van der Waals surface area contributed by atoms with Gasteiger partial charge in [0.15, 0.2) is 5.78 Å². The molecule has 2 aromatic rings. The molecule has 118 valence electrons. The van der Waals surface area contributed by atoms with Crippen LogP contribution in [0.2, 0.25) is 0 Å². The van der Waals surface area contributed by atoms with Crippen LogP contribution < -0.4 is 5.32 Å². The molecule has 23 heavy (non-hydrogen) atoms. The van der Waals surface area contributed by atoms with Crippen LogP contribution in [0.1, 0.15) is 58.5 Å². The van der Waals surface area contributed by atoms with E-state index in [1.807, 2.05) is 43.3 Å². The fraction of sp³-hybridized carbons (Fsp3) is 0.300. The van der Waals surface area contributed by atoms with Gasteiger partial charge in [-0.1, -0.05) is 37.6 Å². The van der Waals surface area contributed by atoms with Crippen LogP contribution in [-0.4, -0.2) is 11.7 Å². The summed E-state index contributed by atoms with van der Waals surface area (Å²) in [5, 5.41) is 2.88. The van der Waals surface area contributed by atoms with E-state index in [-0.39, 0.29) is 17.1 Å². The molecule has 3 nitrogen and oxygen atoms in total. The lowest BCUT2D eigenvalue weighted by atomic mass is 9.72. The van der Waals surface area contributed by atoms with Gasteiger partial charge in [-0.25, -0.2) is 0 Å². The van der Waals surface area contributed by atoms with E-state index in [9.17, 15) is 9.59 Å². The highest BCUT2D eigenvalue weighted by Gasteiger charge is 2.32. The van der Waals surface area contributed by atoms with Crippen molar-refractivity contribution in [2.75, 3.05) is 5.32 Å². The lowest BCUT2D eigenvalue weighted by Crippen LogP contribution is -2.28. The molecule has 0 spiro atoms. The van der Waals surface area contributed by atoms with Crippen molar-refractivity contribution in [3.8, 4) is 0 Å². The molecule has 0 fully saturated rings. The van der Waals surface area contributed by atoms with Gasteiger partial charge in [0.2, 0.25) is 0 Å². The van der Waals surface area contributed by atoms with Crippen LogP contribution in [0.4, 0.5) is 5.69 Å². The number of rotatable bonds is 2. The number of benzene rings is 2. The molecule has 0 aromatic heterocycles. The predicted octanol–water partition coefficient (Wildman–Crippen LogP) is 4.50. The van der Waals surface area contributed by atoms with Crippen molar-refractivity contribution in [3.63, 3.8) is 0 Å². The summed E-state index contributed by atoms with van der Waals surface area (Å²) < 4.78 is 0. The topological polar surface area (TPSA) is 46.2 Å². The summed E-state index contributed by atoms with van der Waals surface area (Å²) in [6.07, 6.45) is 1.40. The molecule has 2 aromatic carbocycles. The molecular weight excluding hydrogens is 286 g/mol.